The van der Waals surface area contributed by atoms with Gasteiger partial charge in [0.05, 0.1) is 11.3 Å². The second kappa shape index (κ2) is 9.90. The number of thiophene rings is 1. The Bertz CT molecular complexity index is 1760. The summed E-state index contributed by atoms with van der Waals surface area (Å²) < 4.78 is 1.21. The Kier molecular flexibility index (Phi) is 6.15. The zero-order valence-corrected chi connectivity index (χ0v) is 21.2. The third-order valence-corrected chi connectivity index (χ3v) is 7.83. The van der Waals surface area contributed by atoms with Gasteiger partial charge in [-0.15, -0.1) is 11.3 Å². The predicted molar refractivity (Wildman–Crippen MR) is 153 cm³/mol. The number of fused-ring (bicyclic) bond motifs is 2. The molecule has 0 atom stereocenters. The van der Waals surface area contributed by atoms with Crippen molar-refractivity contribution in [1.82, 2.24) is 15.3 Å². The van der Waals surface area contributed by atoms with Crippen molar-refractivity contribution in [1.29, 1.82) is 5.26 Å². The molecule has 0 saturated carbocycles. The first-order valence-corrected chi connectivity index (χ1v) is 13.0. The van der Waals surface area contributed by atoms with Crippen LogP contribution < -0.4 is 10.6 Å². The number of anilines is 2. The first-order valence-electron chi connectivity index (χ1n) is 12.2. The zero-order chi connectivity index (χ0) is 25.2. The van der Waals surface area contributed by atoms with Crippen LogP contribution in [0.3, 0.4) is 0 Å². The van der Waals surface area contributed by atoms with E-state index >= 15 is 0 Å². The van der Waals surface area contributed by atoms with Gasteiger partial charge in [0.2, 0.25) is 0 Å². The number of H-pyrrole nitrogens is 1. The summed E-state index contributed by atoms with van der Waals surface area (Å²) in [4.78, 5) is 8.72. The molecule has 3 N–H and O–H groups in total. The van der Waals surface area contributed by atoms with Gasteiger partial charge in [-0.25, -0.2) is 0 Å². The van der Waals surface area contributed by atoms with Gasteiger partial charge in [0.15, 0.2) is 0 Å². The Labute approximate surface area is 219 Å². The minimum atomic E-state index is 0.523. The largest absolute Gasteiger partial charge is 0.361 e. The molecule has 0 radical (unpaired) electrons. The fraction of sp³-hybridized carbons (Fsp3) is 0.0968. The molecule has 3 heterocycles. The smallest absolute Gasteiger partial charge is 0.103 e. The summed E-state index contributed by atoms with van der Waals surface area (Å²) in [5, 5.41) is 19.3. The minimum absolute atomic E-state index is 0.523. The number of nitriles is 1. The van der Waals surface area contributed by atoms with E-state index in [0.29, 0.717) is 5.56 Å². The van der Waals surface area contributed by atoms with Crippen LogP contribution in [0, 0.1) is 18.3 Å². The van der Waals surface area contributed by atoms with Crippen LogP contribution in [0.2, 0.25) is 0 Å². The fourth-order valence-corrected chi connectivity index (χ4v) is 5.76. The summed E-state index contributed by atoms with van der Waals surface area (Å²) in [5.41, 5.74) is 7.96. The number of aryl methyl sites for hydroxylation is 1. The Balaban J connectivity index is 1.31. The van der Waals surface area contributed by atoms with Gasteiger partial charge in [-0.1, -0.05) is 36.4 Å². The molecule has 0 aliphatic carbocycles. The number of hydrogen-bond donors (Lipinski definition) is 3. The summed E-state index contributed by atoms with van der Waals surface area (Å²) in [7, 11) is 0. The van der Waals surface area contributed by atoms with E-state index < -0.39 is 0 Å². The van der Waals surface area contributed by atoms with E-state index in [9.17, 15) is 5.26 Å². The average molecular weight is 500 g/mol. The lowest BCUT2D eigenvalue weighted by Gasteiger charge is -2.15. The molecule has 0 aliphatic heterocycles. The Hall–Kier alpha value is -4.44. The number of hydrogen-bond acceptors (Lipinski definition) is 5. The van der Waals surface area contributed by atoms with E-state index in [-0.39, 0.29) is 0 Å². The van der Waals surface area contributed by atoms with Gasteiger partial charge < -0.3 is 15.6 Å². The van der Waals surface area contributed by atoms with E-state index in [1.54, 1.807) is 17.5 Å². The molecule has 37 heavy (non-hydrogen) atoms. The van der Waals surface area contributed by atoms with Crippen LogP contribution in [0.4, 0.5) is 11.4 Å². The Morgan fingerprint density at radius 2 is 1.81 bits per heavy atom. The summed E-state index contributed by atoms with van der Waals surface area (Å²) in [6.07, 6.45) is 5.42. The van der Waals surface area contributed by atoms with Gasteiger partial charge in [0, 0.05) is 63.4 Å². The van der Waals surface area contributed by atoms with Crippen LogP contribution in [0.15, 0.2) is 91.4 Å². The van der Waals surface area contributed by atoms with Crippen molar-refractivity contribution in [3.05, 3.63) is 114 Å². The molecule has 6 aromatic rings. The molecule has 0 saturated heterocycles. The zero-order valence-electron chi connectivity index (χ0n) is 20.4. The van der Waals surface area contributed by atoms with Crippen LogP contribution in [0.1, 0.15) is 22.3 Å². The maximum absolute atomic E-state index is 9.88. The predicted octanol–water partition coefficient (Wildman–Crippen LogP) is 7.66. The van der Waals surface area contributed by atoms with Gasteiger partial charge >= 0.3 is 0 Å². The highest BCUT2D eigenvalue weighted by Gasteiger charge is 2.16. The third-order valence-electron chi connectivity index (χ3n) is 6.68. The highest BCUT2D eigenvalue weighted by Crippen LogP contribution is 2.40. The van der Waals surface area contributed by atoms with Crippen molar-refractivity contribution in [3.8, 4) is 16.5 Å². The lowest BCUT2D eigenvalue weighted by atomic mass is 10.1. The number of pyridine rings is 1. The molecule has 5 nitrogen and oxygen atoms in total. The van der Waals surface area contributed by atoms with Gasteiger partial charge in [-0.3, -0.25) is 4.98 Å². The molecular weight excluding hydrogens is 474 g/mol. The van der Waals surface area contributed by atoms with Crippen LogP contribution in [0.5, 0.6) is 0 Å². The number of aromatic amines is 1. The van der Waals surface area contributed by atoms with E-state index in [4.69, 9.17) is 0 Å². The quantitative estimate of drug-likeness (QED) is 0.211. The fourth-order valence-electron chi connectivity index (χ4n) is 4.70. The second-order valence-electron chi connectivity index (χ2n) is 9.10. The minimum Gasteiger partial charge on any atom is -0.361 e. The van der Waals surface area contributed by atoms with Crippen molar-refractivity contribution in [2.75, 3.05) is 5.32 Å². The van der Waals surface area contributed by atoms with Gasteiger partial charge in [-0.05, 0) is 65.4 Å². The lowest BCUT2D eigenvalue weighted by Crippen LogP contribution is -2.12. The number of aromatic nitrogens is 2. The van der Waals surface area contributed by atoms with Crippen LogP contribution in [-0.4, -0.2) is 9.97 Å². The first kappa shape index (κ1) is 23.0. The molecule has 6 heteroatoms. The molecule has 0 fully saturated rings. The van der Waals surface area contributed by atoms with Gasteiger partial charge in [0.1, 0.15) is 6.07 Å². The van der Waals surface area contributed by atoms with Crippen molar-refractivity contribution in [3.63, 3.8) is 0 Å². The number of rotatable bonds is 7. The molecule has 0 unspecified atom stereocenters. The highest BCUT2D eigenvalue weighted by molar-refractivity contribution is 7.22. The number of nitrogens with one attached hydrogen (secondary N) is 3. The summed E-state index contributed by atoms with van der Waals surface area (Å²) in [5.74, 6) is 0. The molecule has 0 spiro atoms. The molecule has 0 bridgehead atoms. The summed E-state index contributed by atoms with van der Waals surface area (Å²) in [6, 6.07) is 27.8. The van der Waals surface area contributed by atoms with E-state index in [1.807, 2.05) is 18.5 Å². The van der Waals surface area contributed by atoms with Crippen molar-refractivity contribution in [2.45, 2.75) is 20.0 Å². The van der Waals surface area contributed by atoms with Crippen LogP contribution >= 0.6 is 11.3 Å². The Morgan fingerprint density at radius 1 is 0.946 bits per heavy atom. The molecule has 3 aromatic carbocycles. The van der Waals surface area contributed by atoms with Crippen molar-refractivity contribution in [2.24, 2.45) is 0 Å². The number of nitrogens with zero attached hydrogens (tertiary/aromatic N) is 2. The van der Waals surface area contributed by atoms with Gasteiger partial charge in [-0.2, -0.15) is 5.26 Å². The maximum atomic E-state index is 9.88. The first-order chi connectivity index (χ1) is 18.2. The molecule has 0 aliphatic rings. The SMILES string of the molecule is Cc1c(Nc2c(C#N)cncc2-c2cc3cc(CNCc4ccccc4)ccc3s2)ccc2[nH]ccc12. The summed E-state index contributed by atoms with van der Waals surface area (Å²) in [6.45, 7) is 3.73. The van der Waals surface area contributed by atoms with Gasteiger partial charge in [0.25, 0.3) is 0 Å². The molecule has 180 valence electrons. The van der Waals surface area contributed by atoms with E-state index in [1.165, 1.54) is 21.2 Å². The molecule has 6 rings (SSSR count). The standard InChI is InChI=1S/C31H25N5S/c1-20-25-11-12-35-28(25)9-8-27(20)36-31-24(15-32)18-34-19-26(31)30-14-23-13-22(7-10-29(23)37-30)17-33-16-21-5-3-2-4-6-21/h2-14,18-19,33,35H,16-17H2,1H3,(H,34,36). The molecule has 0 amide bonds. The Morgan fingerprint density at radius 3 is 2.68 bits per heavy atom. The normalized spacial score (nSPS) is 11.1. The van der Waals surface area contributed by atoms with Crippen LogP contribution in [0.25, 0.3) is 31.4 Å². The maximum Gasteiger partial charge on any atom is 0.103 e. The topological polar surface area (TPSA) is 76.5 Å². The second-order valence-corrected chi connectivity index (χ2v) is 10.2. The van der Waals surface area contributed by atoms with Crippen molar-refractivity contribution < 1.29 is 0 Å². The number of benzene rings is 3. The monoisotopic (exact) mass is 499 g/mol. The highest BCUT2D eigenvalue weighted by atomic mass is 32.1. The lowest BCUT2D eigenvalue weighted by molar-refractivity contribution is 0.694. The summed E-state index contributed by atoms with van der Waals surface area (Å²) >= 11 is 1.72. The molecule has 3 aromatic heterocycles. The third kappa shape index (κ3) is 4.58. The van der Waals surface area contributed by atoms with Crippen LogP contribution in [-0.2, 0) is 13.1 Å². The van der Waals surface area contributed by atoms with E-state index in [2.05, 4.69) is 100 Å². The molecular formula is C31H25N5S. The van der Waals surface area contributed by atoms with E-state index in [0.717, 1.165) is 51.4 Å². The average Bonchev–Trinajstić information content (AvgIpc) is 3.58. The van der Waals surface area contributed by atoms with Crippen molar-refractivity contribution >= 4 is 43.7 Å².